The molecule has 2 fully saturated rings. The molecule has 25 heavy (non-hydrogen) atoms. The molecule has 2 N–H and O–H groups in total. The Hall–Kier alpha value is -1.63. The molecule has 0 bridgehead atoms. The molecule has 2 unspecified atom stereocenters. The van der Waals surface area contributed by atoms with Gasteiger partial charge in [0.25, 0.3) is 0 Å². The van der Waals surface area contributed by atoms with E-state index in [4.69, 9.17) is 15.2 Å². The van der Waals surface area contributed by atoms with Crippen molar-refractivity contribution in [2.75, 3.05) is 39.4 Å². The third-order valence-electron chi connectivity index (χ3n) is 4.68. The molecule has 0 radical (unpaired) electrons. The Kier molecular flexibility index (Phi) is 6.29. The molecule has 2 heterocycles. The molecule has 2 aliphatic heterocycles. The number of hydrogen-bond donors (Lipinski definition) is 1. The van der Waals surface area contributed by atoms with E-state index >= 15 is 0 Å². The van der Waals surface area contributed by atoms with Crippen LogP contribution in [0.1, 0.15) is 25.0 Å². The van der Waals surface area contributed by atoms with E-state index in [9.17, 15) is 0 Å². The van der Waals surface area contributed by atoms with Gasteiger partial charge in [0.05, 0.1) is 32.0 Å². The minimum absolute atomic E-state index is 0.306. The van der Waals surface area contributed by atoms with Crippen LogP contribution in [-0.4, -0.2) is 67.4 Å². The van der Waals surface area contributed by atoms with Gasteiger partial charge in [-0.05, 0) is 25.0 Å². The van der Waals surface area contributed by atoms with E-state index in [1.165, 1.54) is 11.1 Å². The number of guanidine groups is 1. The smallest absolute Gasteiger partial charge is 0.191 e. The Labute approximate surface area is 150 Å². The number of aliphatic imine (C=N–C) groups is 1. The van der Waals surface area contributed by atoms with Crippen LogP contribution in [0.25, 0.3) is 0 Å². The van der Waals surface area contributed by atoms with Crippen molar-refractivity contribution >= 4 is 5.96 Å². The number of nitrogens with two attached hydrogens (primary N) is 1. The van der Waals surface area contributed by atoms with Crippen molar-refractivity contribution < 1.29 is 9.47 Å². The Morgan fingerprint density at radius 3 is 2.32 bits per heavy atom. The number of nitrogens with zero attached hydrogens (tertiary/aromatic N) is 3. The maximum Gasteiger partial charge on any atom is 0.191 e. The van der Waals surface area contributed by atoms with E-state index < -0.39 is 0 Å². The second kappa shape index (κ2) is 8.65. The van der Waals surface area contributed by atoms with Gasteiger partial charge in [0.2, 0.25) is 0 Å². The van der Waals surface area contributed by atoms with Crippen LogP contribution in [-0.2, 0) is 22.6 Å². The van der Waals surface area contributed by atoms with Gasteiger partial charge in [-0.3, -0.25) is 4.90 Å². The Morgan fingerprint density at radius 2 is 1.68 bits per heavy atom. The second-order valence-corrected chi connectivity index (χ2v) is 7.04. The lowest BCUT2D eigenvalue weighted by molar-refractivity contribution is -0.0704. The first kappa shape index (κ1) is 18.2. The van der Waals surface area contributed by atoms with Crippen LogP contribution >= 0.6 is 0 Å². The molecule has 3 rings (SSSR count). The summed E-state index contributed by atoms with van der Waals surface area (Å²) in [5.41, 5.74) is 8.59. The van der Waals surface area contributed by atoms with Crippen LogP contribution in [0.2, 0.25) is 0 Å². The zero-order valence-electron chi connectivity index (χ0n) is 15.4. The summed E-state index contributed by atoms with van der Waals surface area (Å²) in [4.78, 5) is 9.06. The van der Waals surface area contributed by atoms with Crippen molar-refractivity contribution in [2.24, 2.45) is 10.7 Å². The maximum atomic E-state index is 6.08. The van der Waals surface area contributed by atoms with Gasteiger partial charge >= 0.3 is 0 Å². The molecule has 0 saturated carbocycles. The highest BCUT2D eigenvalue weighted by Crippen LogP contribution is 2.15. The molecule has 0 amide bonds. The lowest BCUT2D eigenvalue weighted by Gasteiger charge is -2.35. The molecule has 0 aromatic heterocycles. The van der Waals surface area contributed by atoms with Crippen LogP contribution in [0.3, 0.4) is 0 Å². The molecule has 2 aliphatic rings. The van der Waals surface area contributed by atoms with Gasteiger partial charge in [0.1, 0.15) is 0 Å². The number of rotatable bonds is 4. The zero-order valence-corrected chi connectivity index (χ0v) is 15.4. The quantitative estimate of drug-likeness (QED) is 0.660. The fourth-order valence-corrected chi connectivity index (χ4v) is 3.49. The highest BCUT2D eigenvalue weighted by Gasteiger charge is 2.21. The van der Waals surface area contributed by atoms with Crippen molar-refractivity contribution in [1.82, 2.24) is 9.80 Å². The molecular formula is C19H30N4O2. The van der Waals surface area contributed by atoms with E-state index in [-0.39, 0.29) is 0 Å². The number of benzene rings is 1. The Balaban J connectivity index is 1.51. The summed E-state index contributed by atoms with van der Waals surface area (Å²) in [5.74, 6) is 0.615. The van der Waals surface area contributed by atoms with Crippen molar-refractivity contribution in [1.29, 1.82) is 0 Å². The summed E-state index contributed by atoms with van der Waals surface area (Å²) in [6.07, 6.45) is 0.612. The van der Waals surface area contributed by atoms with Crippen molar-refractivity contribution in [3.8, 4) is 0 Å². The van der Waals surface area contributed by atoms with Gasteiger partial charge < -0.3 is 20.1 Å². The topological polar surface area (TPSA) is 63.3 Å². The first-order chi connectivity index (χ1) is 12.1. The number of hydrogen-bond acceptors (Lipinski definition) is 4. The van der Waals surface area contributed by atoms with Gasteiger partial charge in [0, 0.05) is 32.7 Å². The van der Waals surface area contributed by atoms with E-state index in [2.05, 4.69) is 52.9 Å². The minimum Gasteiger partial charge on any atom is -0.378 e. The molecule has 0 spiro atoms. The van der Waals surface area contributed by atoms with Crippen LogP contribution in [0.15, 0.2) is 29.3 Å². The van der Waals surface area contributed by atoms with Gasteiger partial charge in [0.15, 0.2) is 5.96 Å². The highest BCUT2D eigenvalue weighted by atomic mass is 16.5. The van der Waals surface area contributed by atoms with E-state index in [0.29, 0.717) is 24.7 Å². The lowest BCUT2D eigenvalue weighted by Crippen LogP contribution is -2.44. The zero-order chi connectivity index (χ0) is 17.6. The fraction of sp³-hybridized carbons (Fsp3) is 0.632. The summed E-state index contributed by atoms with van der Waals surface area (Å²) >= 11 is 0. The van der Waals surface area contributed by atoms with Gasteiger partial charge in [-0.15, -0.1) is 0 Å². The van der Waals surface area contributed by atoms with Gasteiger partial charge in [-0.25, -0.2) is 4.99 Å². The van der Waals surface area contributed by atoms with Crippen LogP contribution < -0.4 is 5.73 Å². The highest BCUT2D eigenvalue weighted by molar-refractivity contribution is 5.78. The first-order valence-electron chi connectivity index (χ1n) is 9.18. The fourth-order valence-electron chi connectivity index (χ4n) is 3.49. The summed E-state index contributed by atoms with van der Waals surface area (Å²) in [5, 5.41) is 0. The average molecular weight is 346 g/mol. The molecule has 6 heteroatoms. The Morgan fingerprint density at radius 1 is 1.08 bits per heavy atom. The van der Waals surface area contributed by atoms with Gasteiger partial charge in [-0.1, -0.05) is 24.3 Å². The molecule has 2 atom stereocenters. The SMILES string of the molecule is CC1CN(Cc2ccc(CN=C(N)N3CCOCC3)cc2)CC(C)O1. The summed E-state index contributed by atoms with van der Waals surface area (Å²) in [6, 6.07) is 8.69. The van der Waals surface area contributed by atoms with Crippen molar-refractivity contribution in [2.45, 2.75) is 39.1 Å². The molecule has 138 valence electrons. The summed E-state index contributed by atoms with van der Waals surface area (Å²) < 4.78 is 11.1. The van der Waals surface area contributed by atoms with Crippen LogP contribution in [0, 0.1) is 0 Å². The number of ether oxygens (including phenoxy) is 2. The minimum atomic E-state index is 0.306. The third kappa shape index (κ3) is 5.42. The molecule has 0 aliphatic carbocycles. The standard InChI is InChI=1S/C19H30N4O2/c1-15-12-22(13-16(2)25-15)14-18-5-3-17(4-6-18)11-21-19(20)23-7-9-24-10-8-23/h3-6,15-16H,7-14H2,1-2H3,(H2,20,21). The molecule has 2 saturated heterocycles. The first-order valence-corrected chi connectivity index (χ1v) is 9.18. The predicted molar refractivity (Wildman–Crippen MR) is 99.4 cm³/mol. The molecule has 1 aromatic rings. The maximum absolute atomic E-state index is 6.08. The van der Waals surface area contributed by atoms with Crippen molar-refractivity contribution in [3.63, 3.8) is 0 Å². The summed E-state index contributed by atoms with van der Waals surface area (Å²) in [6.45, 7) is 11.0. The third-order valence-corrected chi connectivity index (χ3v) is 4.68. The molecule has 6 nitrogen and oxygen atoms in total. The Bertz CT molecular complexity index is 559. The van der Waals surface area contributed by atoms with Gasteiger partial charge in [-0.2, -0.15) is 0 Å². The van der Waals surface area contributed by atoms with E-state index in [1.54, 1.807) is 0 Å². The van der Waals surface area contributed by atoms with Crippen molar-refractivity contribution in [3.05, 3.63) is 35.4 Å². The average Bonchev–Trinajstić information content (AvgIpc) is 2.61. The van der Waals surface area contributed by atoms with E-state index in [0.717, 1.165) is 45.9 Å². The largest absolute Gasteiger partial charge is 0.378 e. The molecule has 1 aromatic carbocycles. The monoisotopic (exact) mass is 346 g/mol. The molecular weight excluding hydrogens is 316 g/mol. The lowest BCUT2D eigenvalue weighted by atomic mass is 10.1. The summed E-state index contributed by atoms with van der Waals surface area (Å²) in [7, 11) is 0. The van der Waals surface area contributed by atoms with Crippen LogP contribution in [0.4, 0.5) is 0 Å². The number of morpholine rings is 2. The van der Waals surface area contributed by atoms with E-state index in [1.807, 2.05) is 0 Å². The second-order valence-electron chi connectivity index (χ2n) is 7.04. The predicted octanol–water partition coefficient (Wildman–Crippen LogP) is 1.44. The van der Waals surface area contributed by atoms with Crippen LogP contribution in [0.5, 0.6) is 0 Å². The normalized spacial score (nSPS) is 26.0.